The molecule has 1 saturated heterocycles. The van der Waals surface area contributed by atoms with Crippen molar-refractivity contribution in [1.29, 1.82) is 0 Å². The number of rotatable bonds is 5. The van der Waals surface area contributed by atoms with Gasteiger partial charge in [0.15, 0.2) is 11.5 Å². The van der Waals surface area contributed by atoms with Crippen molar-refractivity contribution in [2.24, 2.45) is 5.92 Å². The standard InChI is InChI=1S/C23H27FN2O3/c1-16(18-6-9-21-22(13-18)29-12-11-28-21)25-23(27)19-3-2-10-26(15-19)14-17-4-7-20(24)8-5-17/h4-9,13,16,19H,2-3,10-12,14-15H2,1H3,(H,25,27)/t16-,19-/m0/s1. The lowest BCUT2D eigenvalue weighted by Gasteiger charge is -2.32. The predicted molar refractivity (Wildman–Crippen MR) is 108 cm³/mol. The summed E-state index contributed by atoms with van der Waals surface area (Å²) in [6.07, 6.45) is 1.87. The number of hydrogen-bond acceptors (Lipinski definition) is 4. The lowest BCUT2D eigenvalue weighted by atomic mass is 9.96. The highest BCUT2D eigenvalue weighted by Crippen LogP contribution is 2.32. The number of halogens is 1. The number of likely N-dealkylation sites (tertiary alicyclic amines) is 1. The number of amides is 1. The summed E-state index contributed by atoms with van der Waals surface area (Å²) in [7, 11) is 0. The number of benzene rings is 2. The molecular weight excluding hydrogens is 371 g/mol. The van der Waals surface area contributed by atoms with E-state index >= 15 is 0 Å². The van der Waals surface area contributed by atoms with E-state index in [0.717, 1.165) is 55.1 Å². The van der Waals surface area contributed by atoms with Crippen LogP contribution in [-0.2, 0) is 11.3 Å². The van der Waals surface area contributed by atoms with Gasteiger partial charge in [-0.1, -0.05) is 18.2 Å². The smallest absolute Gasteiger partial charge is 0.224 e. The van der Waals surface area contributed by atoms with E-state index in [1.54, 1.807) is 0 Å². The van der Waals surface area contributed by atoms with Crippen LogP contribution >= 0.6 is 0 Å². The Hall–Kier alpha value is -2.60. The van der Waals surface area contributed by atoms with Crippen LogP contribution in [0.2, 0.25) is 0 Å². The van der Waals surface area contributed by atoms with Crippen molar-refractivity contribution in [2.75, 3.05) is 26.3 Å². The molecular formula is C23H27FN2O3. The van der Waals surface area contributed by atoms with Gasteiger partial charge in [-0.25, -0.2) is 4.39 Å². The highest BCUT2D eigenvalue weighted by atomic mass is 19.1. The zero-order valence-electron chi connectivity index (χ0n) is 16.7. The summed E-state index contributed by atoms with van der Waals surface area (Å²) < 4.78 is 24.3. The van der Waals surface area contributed by atoms with Crippen molar-refractivity contribution >= 4 is 5.91 Å². The molecule has 154 valence electrons. The number of nitrogens with zero attached hydrogens (tertiary/aromatic N) is 1. The molecule has 2 aromatic rings. The maximum absolute atomic E-state index is 13.1. The Morgan fingerprint density at radius 1 is 1.17 bits per heavy atom. The first kappa shape index (κ1) is 19.7. The summed E-state index contributed by atoms with van der Waals surface area (Å²) >= 11 is 0. The van der Waals surface area contributed by atoms with Crippen molar-refractivity contribution in [1.82, 2.24) is 10.2 Å². The fourth-order valence-corrected chi connectivity index (χ4v) is 4.01. The number of hydrogen-bond donors (Lipinski definition) is 1. The molecule has 5 nitrogen and oxygen atoms in total. The average Bonchev–Trinajstić information content (AvgIpc) is 2.75. The quantitative estimate of drug-likeness (QED) is 0.835. The Labute approximate surface area is 170 Å². The lowest BCUT2D eigenvalue weighted by molar-refractivity contribution is -0.127. The van der Waals surface area contributed by atoms with E-state index in [-0.39, 0.29) is 23.7 Å². The van der Waals surface area contributed by atoms with E-state index in [9.17, 15) is 9.18 Å². The number of carbonyl (C=O) groups excluding carboxylic acids is 1. The molecule has 0 aromatic heterocycles. The summed E-state index contributed by atoms with van der Waals surface area (Å²) in [5, 5.41) is 3.15. The van der Waals surface area contributed by atoms with Crippen LogP contribution in [0.3, 0.4) is 0 Å². The van der Waals surface area contributed by atoms with E-state index < -0.39 is 0 Å². The second kappa shape index (κ2) is 8.82. The third-order valence-corrected chi connectivity index (χ3v) is 5.62. The highest BCUT2D eigenvalue weighted by Gasteiger charge is 2.27. The van der Waals surface area contributed by atoms with Crippen LogP contribution in [-0.4, -0.2) is 37.1 Å². The third kappa shape index (κ3) is 4.88. The van der Waals surface area contributed by atoms with Crippen LogP contribution in [0.5, 0.6) is 11.5 Å². The van der Waals surface area contributed by atoms with Gasteiger partial charge in [0.05, 0.1) is 12.0 Å². The van der Waals surface area contributed by atoms with Crippen LogP contribution in [0, 0.1) is 11.7 Å². The Morgan fingerprint density at radius 2 is 1.93 bits per heavy atom. The Bertz CT molecular complexity index is 856. The van der Waals surface area contributed by atoms with E-state index in [0.29, 0.717) is 13.2 Å². The summed E-state index contributed by atoms with van der Waals surface area (Å²) in [5.74, 6) is 1.30. The molecule has 6 heteroatoms. The molecule has 2 atom stereocenters. The minimum absolute atomic E-state index is 0.0381. The maximum atomic E-state index is 13.1. The number of nitrogens with one attached hydrogen (secondary N) is 1. The van der Waals surface area contributed by atoms with Crippen molar-refractivity contribution in [2.45, 2.75) is 32.4 Å². The number of carbonyl (C=O) groups is 1. The maximum Gasteiger partial charge on any atom is 0.224 e. The molecule has 2 aliphatic rings. The number of ether oxygens (including phenoxy) is 2. The summed E-state index contributed by atoms with van der Waals surface area (Å²) in [4.78, 5) is 15.1. The van der Waals surface area contributed by atoms with Crippen LogP contribution in [0.4, 0.5) is 4.39 Å². The summed E-state index contributed by atoms with van der Waals surface area (Å²) in [6, 6.07) is 12.3. The summed E-state index contributed by atoms with van der Waals surface area (Å²) in [5.41, 5.74) is 2.07. The SMILES string of the molecule is C[C@H](NC(=O)[C@H]1CCCN(Cc2ccc(F)cc2)C1)c1ccc2c(c1)OCCO2. The highest BCUT2D eigenvalue weighted by molar-refractivity contribution is 5.79. The molecule has 1 fully saturated rings. The van der Waals surface area contributed by atoms with Gasteiger partial charge in [-0.05, 0) is 61.7 Å². The first-order chi connectivity index (χ1) is 14.1. The van der Waals surface area contributed by atoms with Crippen LogP contribution in [0.1, 0.15) is 36.9 Å². The molecule has 4 rings (SSSR count). The van der Waals surface area contributed by atoms with Gasteiger partial charge in [0, 0.05) is 13.1 Å². The fraction of sp³-hybridized carbons (Fsp3) is 0.435. The molecule has 0 aliphatic carbocycles. The number of fused-ring (bicyclic) bond motifs is 1. The lowest BCUT2D eigenvalue weighted by Crippen LogP contribution is -2.43. The molecule has 0 radical (unpaired) electrons. The first-order valence-electron chi connectivity index (χ1n) is 10.3. The molecule has 0 spiro atoms. The van der Waals surface area contributed by atoms with Gasteiger partial charge in [0.2, 0.25) is 5.91 Å². The number of piperidine rings is 1. The Balaban J connectivity index is 1.34. The van der Waals surface area contributed by atoms with Crippen molar-refractivity contribution in [3.8, 4) is 11.5 Å². The summed E-state index contributed by atoms with van der Waals surface area (Å²) in [6.45, 7) is 5.51. The van der Waals surface area contributed by atoms with Crippen LogP contribution < -0.4 is 14.8 Å². The predicted octanol–water partition coefficient (Wildman–Crippen LogP) is 3.69. The first-order valence-corrected chi connectivity index (χ1v) is 10.3. The van der Waals surface area contributed by atoms with Crippen LogP contribution in [0.15, 0.2) is 42.5 Å². The van der Waals surface area contributed by atoms with Crippen molar-refractivity contribution in [3.63, 3.8) is 0 Å². The minimum atomic E-state index is -0.224. The molecule has 2 aliphatic heterocycles. The van der Waals surface area contributed by atoms with Gasteiger partial charge in [0.1, 0.15) is 19.0 Å². The molecule has 0 bridgehead atoms. The van der Waals surface area contributed by atoms with Gasteiger partial charge < -0.3 is 14.8 Å². The van der Waals surface area contributed by atoms with E-state index in [1.165, 1.54) is 12.1 Å². The molecule has 1 N–H and O–H groups in total. The van der Waals surface area contributed by atoms with Gasteiger partial charge >= 0.3 is 0 Å². The van der Waals surface area contributed by atoms with E-state index in [1.807, 2.05) is 37.3 Å². The van der Waals surface area contributed by atoms with Crippen molar-refractivity contribution < 1.29 is 18.7 Å². The average molecular weight is 398 g/mol. The third-order valence-electron chi connectivity index (χ3n) is 5.62. The monoisotopic (exact) mass is 398 g/mol. The largest absolute Gasteiger partial charge is 0.486 e. The Morgan fingerprint density at radius 3 is 2.72 bits per heavy atom. The Kier molecular flexibility index (Phi) is 6.00. The molecule has 29 heavy (non-hydrogen) atoms. The molecule has 0 saturated carbocycles. The second-order valence-corrected chi connectivity index (χ2v) is 7.83. The second-order valence-electron chi connectivity index (χ2n) is 7.83. The minimum Gasteiger partial charge on any atom is -0.486 e. The molecule has 2 heterocycles. The molecule has 1 amide bonds. The van der Waals surface area contributed by atoms with Gasteiger partial charge in [-0.3, -0.25) is 9.69 Å². The fourth-order valence-electron chi connectivity index (χ4n) is 4.01. The van der Waals surface area contributed by atoms with Crippen molar-refractivity contribution in [3.05, 3.63) is 59.4 Å². The topological polar surface area (TPSA) is 50.8 Å². The van der Waals surface area contributed by atoms with Gasteiger partial charge in [0.25, 0.3) is 0 Å². The zero-order valence-corrected chi connectivity index (χ0v) is 16.7. The zero-order chi connectivity index (χ0) is 20.2. The molecule has 2 aromatic carbocycles. The van der Waals surface area contributed by atoms with E-state index in [4.69, 9.17) is 9.47 Å². The van der Waals surface area contributed by atoms with E-state index in [2.05, 4.69) is 10.2 Å². The molecule has 0 unspecified atom stereocenters. The normalized spacial score (nSPS) is 20.1. The van der Waals surface area contributed by atoms with Gasteiger partial charge in [-0.15, -0.1) is 0 Å². The van der Waals surface area contributed by atoms with Crippen LogP contribution in [0.25, 0.3) is 0 Å². The van der Waals surface area contributed by atoms with Gasteiger partial charge in [-0.2, -0.15) is 0 Å².